The number of phenolic OH excluding ortho intramolecular Hbond substituents is 1. The summed E-state index contributed by atoms with van der Waals surface area (Å²) in [5.74, 6) is -2.74. The second-order valence-corrected chi connectivity index (χ2v) is 11.9. The van der Waals surface area contributed by atoms with E-state index in [2.05, 4.69) is 15.7 Å². The first-order valence-electron chi connectivity index (χ1n) is 11.0. The Morgan fingerprint density at radius 2 is 1.64 bits per heavy atom. The number of aryl methyl sites for hydroxylation is 1. The van der Waals surface area contributed by atoms with Crippen molar-refractivity contribution < 1.29 is 23.1 Å². The lowest BCUT2D eigenvalue weighted by Crippen LogP contribution is -2.23. The Labute approximate surface area is 243 Å². The molecule has 4 aromatic rings. The van der Waals surface area contributed by atoms with Crippen LogP contribution in [0, 0.1) is 6.92 Å². The van der Waals surface area contributed by atoms with Crippen LogP contribution in [0.1, 0.15) is 15.9 Å². The van der Waals surface area contributed by atoms with Gasteiger partial charge in [-0.05, 0) is 42.8 Å². The number of phenols is 1. The van der Waals surface area contributed by atoms with Crippen molar-refractivity contribution in [2.45, 2.75) is 11.8 Å². The molecule has 0 unspecified atom stereocenters. The first-order valence-corrected chi connectivity index (χ1v) is 14.1. The number of nitrogens with one attached hydrogen (secondary N) is 2. The van der Waals surface area contributed by atoms with Crippen molar-refractivity contribution in [1.82, 2.24) is 9.78 Å². The Bertz CT molecular complexity index is 1700. The van der Waals surface area contributed by atoms with Crippen molar-refractivity contribution in [3.05, 3.63) is 92.1 Å². The average molecular weight is 628 g/mol. The van der Waals surface area contributed by atoms with Crippen LogP contribution in [0.3, 0.4) is 0 Å². The molecule has 14 heteroatoms. The van der Waals surface area contributed by atoms with E-state index >= 15 is 0 Å². The number of halogens is 4. The molecule has 1 heterocycles. The molecule has 0 fully saturated rings. The van der Waals surface area contributed by atoms with Crippen LogP contribution in [0.2, 0.25) is 20.1 Å². The molecule has 0 radical (unpaired) electrons. The van der Waals surface area contributed by atoms with Crippen LogP contribution in [-0.4, -0.2) is 40.9 Å². The van der Waals surface area contributed by atoms with Crippen LogP contribution < -0.4 is 10.6 Å². The summed E-state index contributed by atoms with van der Waals surface area (Å²) in [5, 5.41) is 20.0. The Morgan fingerprint density at radius 1 is 0.949 bits per heavy atom. The largest absolute Gasteiger partial charge is 0.506 e. The van der Waals surface area contributed by atoms with Gasteiger partial charge in [0.1, 0.15) is 11.5 Å². The van der Waals surface area contributed by atoms with Crippen LogP contribution in [0.15, 0.2) is 65.8 Å². The first kappa shape index (κ1) is 28.7. The fourth-order valence-electron chi connectivity index (χ4n) is 3.46. The zero-order valence-electron chi connectivity index (χ0n) is 19.9. The molecule has 0 aliphatic carbocycles. The van der Waals surface area contributed by atoms with Crippen molar-refractivity contribution in [2.75, 3.05) is 16.4 Å². The number of rotatable bonds is 7. The number of anilines is 2. The van der Waals surface area contributed by atoms with Crippen LogP contribution in [-0.2, 0) is 14.6 Å². The molecule has 0 aliphatic rings. The standard InChI is InChI=1S/C25H18Cl4N4O5S/c1-13-3-2-4-16(5-13)39(37,38)12-23(35)31-20-9-22(34)21(8-17(20)26)32-25(36)14-10-30-33(11-14)15-6-18(27)24(29)19(28)7-15/h2-11,34H,12H2,1H3,(H,31,35)(H,32,36). The summed E-state index contributed by atoms with van der Waals surface area (Å²) in [7, 11) is -3.91. The molecule has 0 aliphatic heterocycles. The molecule has 202 valence electrons. The van der Waals surface area contributed by atoms with E-state index in [0.717, 1.165) is 11.6 Å². The molecule has 0 spiro atoms. The molecule has 4 rings (SSSR count). The maximum absolute atomic E-state index is 12.8. The van der Waals surface area contributed by atoms with Crippen molar-refractivity contribution >= 4 is 79.4 Å². The number of benzene rings is 3. The zero-order chi connectivity index (χ0) is 28.5. The van der Waals surface area contributed by atoms with Crippen LogP contribution in [0.5, 0.6) is 5.75 Å². The van der Waals surface area contributed by atoms with Gasteiger partial charge in [0.2, 0.25) is 5.91 Å². The minimum Gasteiger partial charge on any atom is -0.506 e. The lowest BCUT2D eigenvalue weighted by molar-refractivity contribution is -0.113. The van der Waals surface area contributed by atoms with Gasteiger partial charge in [-0.3, -0.25) is 9.59 Å². The van der Waals surface area contributed by atoms with E-state index < -0.39 is 33.2 Å². The van der Waals surface area contributed by atoms with Crippen molar-refractivity contribution in [2.24, 2.45) is 0 Å². The van der Waals surface area contributed by atoms with E-state index in [1.807, 2.05) is 0 Å². The van der Waals surface area contributed by atoms with Gasteiger partial charge in [-0.25, -0.2) is 13.1 Å². The molecule has 3 aromatic carbocycles. The lowest BCUT2D eigenvalue weighted by Gasteiger charge is -2.12. The third-order valence-electron chi connectivity index (χ3n) is 5.36. The molecule has 0 saturated carbocycles. The summed E-state index contributed by atoms with van der Waals surface area (Å²) in [4.78, 5) is 25.2. The van der Waals surface area contributed by atoms with Gasteiger partial charge in [-0.15, -0.1) is 0 Å². The van der Waals surface area contributed by atoms with E-state index in [-0.39, 0.29) is 41.9 Å². The molecule has 2 amide bonds. The monoisotopic (exact) mass is 626 g/mol. The molecule has 0 bridgehead atoms. The maximum Gasteiger partial charge on any atom is 0.258 e. The second-order valence-electron chi connectivity index (χ2n) is 8.32. The molecule has 1 aromatic heterocycles. The van der Waals surface area contributed by atoms with E-state index in [1.165, 1.54) is 47.4 Å². The fraction of sp³-hybridized carbons (Fsp3) is 0.0800. The van der Waals surface area contributed by atoms with E-state index in [1.54, 1.807) is 19.1 Å². The topological polar surface area (TPSA) is 130 Å². The van der Waals surface area contributed by atoms with E-state index in [0.29, 0.717) is 5.69 Å². The summed E-state index contributed by atoms with van der Waals surface area (Å²) >= 11 is 24.3. The SMILES string of the molecule is Cc1cccc(S(=O)(=O)CC(=O)Nc2cc(O)c(NC(=O)c3cnn(-c4cc(Cl)c(Cl)c(Cl)c4)c3)cc2Cl)c1. The van der Waals surface area contributed by atoms with Crippen molar-refractivity contribution in [1.29, 1.82) is 0 Å². The lowest BCUT2D eigenvalue weighted by atomic mass is 10.2. The van der Waals surface area contributed by atoms with Crippen LogP contribution >= 0.6 is 46.4 Å². The Balaban J connectivity index is 1.46. The molecular formula is C25H18Cl4N4O5S. The van der Waals surface area contributed by atoms with Gasteiger partial charge in [-0.1, -0.05) is 58.5 Å². The highest BCUT2D eigenvalue weighted by Crippen LogP contribution is 2.35. The highest BCUT2D eigenvalue weighted by Gasteiger charge is 2.21. The summed E-state index contributed by atoms with van der Waals surface area (Å²) in [5.41, 5.74) is 1.23. The van der Waals surface area contributed by atoms with Gasteiger partial charge in [0.25, 0.3) is 5.91 Å². The van der Waals surface area contributed by atoms with E-state index in [9.17, 15) is 23.1 Å². The van der Waals surface area contributed by atoms with Gasteiger partial charge >= 0.3 is 0 Å². The number of sulfone groups is 1. The summed E-state index contributed by atoms with van der Waals surface area (Å²) in [6.45, 7) is 1.74. The van der Waals surface area contributed by atoms with Gasteiger partial charge in [-0.2, -0.15) is 5.10 Å². The number of carbonyl (C=O) groups excluding carboxylic acids is 2. The average Bonchev–Trinajstić information content (AvgIpc) is 3.35. The molecule has 0 saturated heterocycles. The predicted octanol–water partition coefficient (Wildman–Crippen LogP) is 6.16. The quantitative estimate of drug-likeness (QED) is 0.166. The summed E-state index contributed by atoms with van der Waals surface area (Å²) in [6, 6.07) is 11.5. The highest BCUT2D eigenvalue weighted by atomic mass is 35.5. The van der Waals surface area contributed by atoms with Gasteiger partial charge in [0, 0.05) is 12.3 Å². The predicted molar refractivity (Wildman–Crippen MR) is 152 cm³/mol. The number of amides is 2. The van der Waals surface area contributed by atoms with Gasteiger partial charge in [0.15, 0.2) is 9.84 Å². The van der Waals surface area contributed by atoms with Crippen LogP contribution in [0.4, 0.5) is 11.4 Å². The Hall–Kier alpha value is -3.28. The number of nitrogens with zero attached hydrogens (tertiary/aromatic N) is 2. The smallest absolute Gasteiger partial charge is 0.258 e. The minimum atomic E-state index is -3.91. The number of aromatic nitrogens is 2. The van der Waals surface area contributed by atoms with Crippen molar-refractivity contribution in [3.63, 3.8) is 0 Å². The molecule has 39 heavy (non-hydrogen) atoms. The van der Waals surface area contributed by atoms with Gasteiger partial charge < -0.3 is 15.7 Å². The number of hydrogen-bond donors (Lipinski definition) is 3. The zero-order valence-corrected chi connectivity index (χ0v) is 23.7. The number of hydrogen-bond acceptors (Lipinski definition) is 6. The normalized spacial score (nSPS) is 11.3. The molecule has 3 N–H and O–H groups in total. The number of aromatic hydroxyl groups is 1. The Morgan fingerprint density at radius 3 is 2.31 bits per heavy atom. The van der Waals surface area contributed by atoms with Crippen molar-refractivity contribution in [3.8, 4) is 11.4 Å². The second kappa shape index (κ2) is 11.4. The summed E-state index contributed by atoms with van der Waals surface area (Å²) < 4.78 is 26.5. The van der Waals surface area contributed by atoms with E-state index in [4.69, 9.17) is 46.4 Å². The van der Waals surface area contributed by atoms with Gasteiger partial charge in [0.05, 0.1) is 53.8 Å². The number of carbonyl (C=O) groups is 2. The maximum atomic E-state index is 12.8. The highest BCUT2D eigenvalue weighted by molar-refractivity contribution is 7.92. The summed E-state index contributed by atoms with van der Waals surface area (Å²) in [6.07, 6.45) is 2.70. The molecular weight excluding hydrogens is 610 g/mol. The molecule has 9 nitrogen and oxygen atoms in total. The Kier molecular flexibility index (Phi) is 8.43. The molecule has 0 atom stereocenters. The first-order chi connectivity index (χ1) is 18.3. The third kappa shape index (κ3) is 6.66. The minimum absolute atomic E-state index is 0.00948. The fourth-order valence-corrected chi connectivity index (χ4v) is 5.49. The third-order valence-corrected chi connectivity index (χ3v) is 8.48. The van der Waals surface area contributed by atoms with Crippen LogP contribution in [0.25, 0.3) is 5.69 Å².